The molecule has 0 rings (SSSR count). The molecule has 0 fully saturated rings. The molecule has 0 spiro atoms. The molecule has 2 atom stereocenters. The van der Waals surface area contributed by atoms with Crippen LogP contribution in [-0.2, 0) is 9.53 Å². The van der Waals surface area contributed by atoms with Crippen LogP contribution in [0.5, 0.6) is 0 Å². The Morgan fingerprint density at radius 2 is 2.12 bits per heavy atom. The SMILES string of the molecule is CCCCC(CC)C(=O)NCC(Br)COC. The van der Waals surface area contributed by atoms with E-state index in [1.54, 1.807) is 7.11 Å². The van der Waals surface area contributed by atoms with E-state index >= 15 is 0 Å². The van der Waals surface area contributed by atoms with E-state index in [1.807, 2.05) is 0 Å². The van der Waals surface area contributed by atoms with Crippen molar-refractivity contribution in [1.82, 2.24) is 5.32 Å². The van der Waals surface area contributed by atoms with Crippen molar-refractivity contribution >= 4 is 21.8 Å². The molecule has 0 bridgehead atoms. The van der Waals surface area contributed by atoms with E-state index in [-0.39, 0.29) is 16.7 Å². The number of hydrogen-bond acceptors (Lipinski definition) is 2. The fraction of sp³-hybridized carbons (Fsp3) is 0.917. The van der Waals surface area contributed by atoms with E-state index in [4.69, 9.17) is 4.74 Å². The van der Waals surface area contributed by atoms with Crippen molar-refractivity contribution in [1.29, 1.82) is 0 Å². The fourth-order valence-electron chi connectivity index (χ4n) is 1.57. The minimum Gasteiger partial charge on any atom is -0.383 e. The van der Waals surface area contributed by atoms with E-state index in [0.717, 1.165) is 25.7 Å². The summed E-state index contributed by atoms with van der Waals surface area (Å²) in [6.07, 6.45) is 4.19. The maximum absolute atomic E-state index is 11.8. The van der Waals surface area contributed by atoms with Crippen LogP contribution in [0.4, 0.5) is 0 Å². The molecule has 0 aromatic carbocycles. The molecule has 0 radical (unpaired) electrons. The first kappa shape index (κ1) is 15.9. The average Bonchev–Trinajstić information content (AvgIpc) is 2.28. The molecule has 1 N–H and O–H groups in total. The molecule has 0 saturated heterocycles. The molecule has 4 heteroatoms. The highest BCUT2D eigenvalue weighted by Crippen LogP contribution is 2.12. The Morgan fingerprint density at radius 3 is 2.62 bits per heavy atom. The molecule has 16 heavy (non-hydrogen) atoms. The van der Waals surface area contributed by atoms with Crippen molar-refractivity contribution in [3.05, 3.63) is 0 Å². The number of methoxy groups -OCH3 is 1. The molecule has 0 aliphatic rings. The monoisotopic (exact) mass is 293 g/mol. The zero-order valence-electron chi connectivity index (χ0n) is 10.6. The highest BCUT2D eigenvalue weighted by Gasteiger charge is 2.16. The lowest BCUT2D eigenvalue weighted by Gasteiger charge is -2.16. The van der Waals surface area contributed by atoms with Gasteiger partial charge in [-0.05, 0) is 12.8 Å². The molecule has 0 saturated carbocycles. The molecule has 96 valence electrons. The van der Waals surface area contributed by atoms with Crippen molar-refractivity contribution in [3.8, 4) is 0 Å². The third-order valence-corrected chi connectivity index (χ3v) is 3.20. The van der Waals surface area contributed by atoms with Gasteiger partial charge < -0.3 is 10.1 Å². The van der Waals surface area contributed by atoms with Crippen LogP contribution in [0.1, 0.15) is 39.5 Å². The lowest BCUT2D eigenvalue weighted by Crippen LogP contribution is -2.35. The van der Waals surface area contributed by atoms with Crippen LogP contribution >= 0.6 is 15.9 Å². The van der Waals surface area contributed by atoms with Crippen LogP contribution in [0.2, 0.25) is 0 Å². The third kappa shape index (κ3) is 7.23. The Balaban J connectivity index is 3.82. The van der Waals surface area contributed by atoms with Gasteiger partial charge >= 0.3 is 0 Å². The van der Waals surface area contributed by atoms with Crippen LogP contribution in [0, 0.1) is 5.92 Å². The smallest absolute Gasteiger partial charge is 0.223 e. The predicted octanol–water partition coefficient (Wildman–Crippen LogP) is 2.73. The number of halogens is 1. The zero-order valence-corrected chi connectivity index (χ0v) is 12.2. The van der Waals surface area contributed by atoms with E-state index in [9.17, 15) is 4.79 Å². The minimum atomic E-state index is 0.169. The highest BCUT2D eigenvalue weighted by molar-refractivity contribution is 9.09. The average molecular weight is 294 g/mol. The van der Waals surface area contributed by atoms with Gasteiger partial charge in [0.25, 0.3) is 0 Å². The molecular formula is C12H24BrNO2. The topological polar surface area (TPSA) is 38.3 Å². The number of alkyl halides is 1. The number of amides is 1. The van der Waals surface area contributed by atoms with E-state index in [0.29, 0.717) is 13.2 Å². The number of unbranched alkanes of at least 4 members (excludes halogenated alkanes) is 1. The quantitative estimate of drug-likeness (QED) is 0.664. The molecule has 1 amide bonds. The lowest BCUT2D eigenvalue weighted by atomic mass is 9.98. The van der Waals surface area contributed by atoms with E-state index in [2.05, 4.69) is 35.1 Å². The van der Waals surface area contributed by atoms with Gasteiger partial charge in [-0.2, -0.15) is 0 Å². The normalized spacial score (nSPS) is 14.5. The highest BCUT2D eigenvalue weighted by atomic mass is 79.9. The van der Waals surface area contributed by atoms with E-state index < -0.39 is 0 Å². The number of nitrogens with one attached hydrogen (secondary N) is 1. The second-order valence-electron chi connectivity index (χ2n) is 4.05. The largest absolute Gasteiger partial charge is 0.383 e. The molecule has 2 unspecified atom stereocenters. The molecule has 0 aliphatic heterocycles. The third-order valence-electron chi connectivity index (χ3n) is 2.62. The van der Waals surface area contributed by atoms with Crippen LogP contribution in [0.3, 0.4) is 0 Å². The number of rotatable bonds is 9. The summed E-state index contributed by atoms with van der Waals surface area (Å²) in [6.45, 7) is 5.47. The van der Waals surface area contributed by atoms with Gasteiger partial charge in [-0.25, -0.2) is 0 Å². The number of ether oxygens (including phenoxy) is 1. The Bertz CT molecular complexity index is 188. The Kier molecular flexibility index (Phi) is 10.0. The second kappa shape index (κ2) is 10.1. The number of hydrogen-bond donors (Lipinski definition) is 1. The summed E-state index contributed by atoms with van der Waals surface area (Å²) in [5.74, 6) is 0.346. The maximum atomic E-state index is 11.8. The van der Waals surface area contributed by atoms with Gasteiger partial charge in [-0.1, -0.05) is 42.6 Å². The summed E-state index contributed by atoms with van der Waals surface area (Å²) in [5, 5.41) is 2.96. The standard InChI is InChI=1S/C12H24BrNO2/c1-4-6-7-10(5-2)12(15)14-8-11(13)9-16-3/h10-11H,4-9H2,1-3H3,(H,14,15). The van der Waals surface area contributed by atoms with Crippen molar-refractivity contribution in [2.75, 3.05) is 20.3 Å². The summed E-state index contributed by atoms with van der Waals surface area (Å²) >= 11 is 3.45. The van der Waals surface area contributed by atoms with Gasteiger partial charge in [-0.15, -0.1) is 0 Å². The van der Waals surface area contributed by atoms with Crippen LogP contribution in [0.15, 0.2) is 0 Å². The molecule has 0 aliphatic carbocycles. The first-order chi connectivity index (χ1) is 7.65. The molecule has 0 aromatic heterocycles. The first-order valence-corrected chi connectivity index (χ1v) is 6.97. The number of carbonyl (C=O) groups is 1. The van der Waals surface area contributed by atoms with Gasteiger partial charge in [0.05, 0.1) is 11.4 Å². The Hall–Kier alpha value is -0.0900. The lowest BCUT2D eigenvalue weighted by molar-refractivity contribution is -0.125. The van der Waals surface area contributed by atoms with Crippen LogP contribution < -0.4 is 5.32 Å². The molecular weight excluding hydrogens is 270 g/mol. The Morgan fingerprint density at radius 1 is 1.44 bits per heavy atom. The summed E-state index contributed by atoms with van der Waals surface area (Å²) in [6, 6.07) is 0. The van der Waals surface area contributed by atoms with Crippen molar-refractivity contribution in [2.45, 2.75) is 44.4 Å². The van der Waals surface area contributed by atoms with Crippen molar-refractivity contribution < 1.29 is 9.53 Å². The first-order valence-electron chi connectivity index (χ1n) is 6.06. The number of carbonyl (C=O) groups excluding carboxylic acids is 1. The van der Waals surface area contributed by atoms with Gasteiger partial charge in [0, 0.05) is 19.6 Å². The van der Waals surface area contributed by atoms with Gasteiger partial charge in [0.1, 0.15) is 0 Å². The van der Waals surface area contributed by atoms with E-state index in [1.165, 1.54) is 0 Å². The molecule has 0 heterocycles. The Labute approximate surface area is 107 Å². The molecule has 3 nitrogen and oxygen atoms in total. The summed E-state index contributed by atoms with van der Waals surface area (Å²) in [5.41, 5.74) is 0. The van der Waals surface area contributed by atoms with Crippen LogP contribution in [-0.4, -0.2) is 31.0 Å². The second-order valence-corrected chi connectivity index (χ2v) is 5.34. The van der Waals surface area contributed by atoms with Crippen LogP contribution in [0.25, 0.3) is 0 Å². The summed E-state index contributed by atoms with van der Waals surface area (Å²) < 4.78 is 4.99. The zero-order chi connectivity index (χ0) is 12.4. The molecule has 0 aromatic rings. The predicted molar refractivity (Wildman–Crippen MR) is 70.9 cm³/mol. The van der Waals surface area contributed by atoms with Crippen molar-refractivity contribution in [3.63, 3.8) is 0 Å². The summed E-state index contributed by atoms with van der Waals surface area (Å²) in [7, 11) is 1.66. The van der Waals surface area contributed by atoms with Gasteiger partial charge in [0.2, 0.25) is 5.91 Å². The minimum absolute atomic E-state index is 0.169. The summed E-state index contributed by atoms with van der Waals surface area (Å²) in [4.78, 5) is 12.0. The van der Waals surface area contributed by atoms with Gasteiger partial charge in [0.15, 0.2) is 0 Å². The fourth-order valence-corrected chi connectivity index (χ4v) is 1.99. The van der Waals surface area contributed by atoms with Crippen molar-refractivity contribution in [2.24, 2.45) is 5.92 Å². The maximum Gasteiger partial charge on any atom is 0.223 e. The van der Waals surface area contributed by atoms with Gasteiger partial charge in [-0.3, -0.25) is 4.79 Å².